The second-order valence-electron chi connectivity index (χ2n) is 12.3. The monoisotopic (exact) mass is 412 g/mol. The highest BCUT2D eigenvalue weighted by Crippen LogP contribution is 2.66. The quantitative estimate of drug-likeness (QED) is 0.451. The fourth-order valence-electron chi connectivity index (χ4n) is 8.80. The fraction of sp³-hybridized carbons (Fsp3) is 0.862. The van der Waals surface area contributed by atoms with Gasteiger partial charge in [0.1, 0.15) is 0 Å². The van der Waals surface area contributed by atoms with Gasteiger partial charge in [-0.2, -0.15) is 0 Å². The van der Waals surface area contributed by atoms with E-state index >= 15 is 0 Å². The van der Waals surface area contributed by atoms with Gasteiger partial charge in [0.2, 0.25) is 0 Å². The maximum atomic E-state index is 10.3. The molecule has 2 saturated carbocycles. The zero-order valence-electron chi connectivity index (χ0n) is 20.8. The minimum absolute atomic E-state index is 0.0374. The standard InChI is InChI=1S/C29H48O/c1-7-21(19(2)3)9-8-20(4)25-12-13-26-24-11-10-22-18-23(30)14-16-28(22,5)27(24)15-17-29(25,26)6/h20,22-23,25-26,30H,7-18H2,1-6H3/t20-,22?,23+,25-,26+,28+,29-/m1/s1. The predicted molar refractivity (Wildman–Crippen MR) is 128 cm³/mol. The summed E-state index contributed by atoms with van der Waals surface area (Å²) in [6, 6.07) is 0. The van der Waals surface area contributed by atoms with Gasteiger partial charge in [-0.1, -0.05) is 50.0 Å². The summed E-state index contributed by atoms with van der Waals surface area (Å²) in [5, 5.41) is 10.3. The smallest absolute Gasteiger partial charge is 0.0543 e. The highest BCUT2D eigenvalue weighted by Gasteiger charge is 2.55. The van der Waals surface area contributed by atoms with E-state index in [0.29, 0.717) is 10.8 Å². The van der Waals surface area contributed by atoms with Gasteiger partial charge in [-0.25, -0.2) is 0 Å². The third kappa shape index (κ3) is 3.66. The van der Waals surface area contributed by atoms with Crippen molar-refractivity contribution in [3.8, 4) is 0 Å². The van der Waals surface area contributed by atoms with Crippen molar-refractivity contribution in [2.24, 2.45) is 34.5 Å². The minimum atomic E-state index is -0.0374. The average Bonchev–Trinajstić information content (AvgIpc) is 3.06. The highest BCUT2D eigenvalue weighted by atomic mass is 16.3. The maximum absolute atomic E-state index is 10.3. The summed E-state index contributed by atoms with van der Waals surface area (Å²) < 4.78 is 0. The normalized spacial score (nSPS) is 41.7. The molecule has 0 bridgehead atoms. The Balaban J connectivity index is 1.53. The van der Waals surface area contributed by atoms with Gasteiger partial charge in [0.05, 0.1) is 6.10 Å². The Bertz CT molecular complexity index is 710. The first kappa shape index (κ1) is 22.6. The lowest BCUT2D eigenvalue weighted by atomic mass is 9.50. The van der Waals surface area contributed by atoms with Gasteiger partial charge < -0.3 is 5.11 Å². The molecule has 0 radical (unpaired) electrons. The van der Waals surface area contributed by atoms with Crippen LogP contribution in [0.4, 0.5) is 0 Å². The van der Waals surface area contributed by atoms with Crippen molar-refractivity contribution >= 4 is 0 Å². The first-order valence-corrected chi connectivity index (χ1v) is 13.3. The summed E-state index contributed by atoms with van der Waals surface area (Å²) in [7, 11) is 0. The number of fused-ring (bicyclic) bond motifs is 4. The zero-order chi connectivity index (χ0) is 21.7. The molecule has 1 unspecified atom stereocenters. The summed E-state index contributed by atoms with van der Waals surface area (Å²) in [6.07, 6.45) is 15.5. The fourth-order valence-corrected chi connectivity index (χ4v) is 8.80. The zero-order valence-corrected chi connectivity index (χ0v) is 20.8. The lowest BCUT2D eigenvalue weighted by Crippen LogP contribution is -2.45. The molecule has 1 N–H and O–H groups in total. The molecule has 0 aromatic heterocycles. The second-order valence-corrected chi connectivity index (χ2v) is 12.3. The van der Waals surface area contributed by atoms with E-state index in [1.807, 2.05) is 11.1 Å². The van der Waals surface area contributed by atoms with E-state index in [2.05, 4.69) is 41.5 Å². The van der Waals surface area contributed by atoms with Crippen LogP contribution in [0.5, 0.6) is 0 Å². The molecular weight excluding hydrogens is 364 g/mol. The molecule has 4 aliphatic carbocycles. The van der Waals surface area contributed by atoms with Crippen molar-refractivity contribution < 1.29 is 5.11 Å². The van der Waals surface area contributed by atoms with Crippen LogP contribution in [0.3, 0.4) is 0 Å². The Hall–Kier alpha value is -0.560. The van der Waals surface area contributed by atoms with Gasteiger partial charge in [0, 0.05) is 0 Å². The molecule has 0 aromatic rings. The summed E-state index contributed by atoms with van der Waals surface area (Å²) in [5.74, 6) is 3.34. The van der Waals surface area contributed by atoms with Crippen LogP contribution in [0.2, 0.25) is 0 Å². The van der Waals surface area contributed by atoms with Crippen LogP contribution >= 0.6 is 0 Å². The van der Waals surface area contributed by atoms with E-state index in [0.717, 1.165) is 36.5 Å². The van der Waals surface area contributed by atoms with Crippen LogP contribution in [0.1, 0.15) is 119 Å². The van der Waals surface area contributed by atoms with Crippen LogP contribution in [-0.2, 0) is 0 Å². The minimum Gasteiger partial charge on any atom is -0.393 e. The van der Waals surface area contributed by atoms with Crippen LogP contribution in [0.15, 0.2) is 22.3 Å². The van der Waals surface area contributed by atoms with Crippen LogP contribution in [0, 0.1) is 34.5 Å². The highest BCUT2D eigenvalue weighted by molar-refractivity contribution is 5.34. The number of hydrogen-bond acceptors (Lipinski definition) is 1. The molecule has 4 rings (SSSR count). The molecule has 1 heteroatoms. The maximum Gasteiger partial charge on any atom is 0.0543 e. The molecule has 0 aromatic carbocycles. The molecule has 170 valence electrons. The Morgan fingerprint density at radius 2 is 1.83 bits per heavy atom. The number of aliphatic hydroxyl groups is 1. The van der Waals surface area contributed by atoms with Crippen molar-refractivity contribution in [3.05, 3.63) is 22.3 Å². The SMILES string of the molecule is CCC(CC[C@@H](C)[C@H]1CC[C@H]2C3=C(CC[C@]12C)[C@@]1(C)CC[C@H](O)CC1CC3)=C(C)C. The molecule has 4 aliphatic rings. The van der Waals surface area contributed by atoms with E-state index in [1.54, 1.807) is 11.1 Å². The van der Waals surface area contributed by atoms with Crippen molar-refractivity contribution in [2.75, 3.05) is 0 Å². The second kappa shape index (κ2) is 8.42. The number of aliphatic hydroxyl groups excluding tert-OH is 1. The predicted octanol–water partition coefficient (Wildman–Crippen LogP) is 8.23. The summed E-state index contributed by atoms with van der Waals surface area (Å²) >= 11 is 0. The lowest BCUT2D eigenvalue weighted by Gasteiger charge is -2.55. The van der Waals surface area contributed by atoms with E-state index in [9.17, 15) is 5.11 Å². The van der Waals surface area contributed by atoms with Gasteiger partial charge in [-0.3, -0.25) is 0 Å². The van der Waals surface area contributed by atoms with Gasteiger partial charge in [-0.15, -0.1) is 0 Å². The molecule has 2 fully saturated rings. The van der Waals surface area contributed by atoms with Gasteiger partial charge >= 0.3 is 0 Å². The molecule has 1 nitrogen and oxygen atoms in total. The Morgan fingerprint density at radius 3 is 2.53 bits per heavy atom. The number of hydrogen-bond donors (Lipinski definition) is 1. The van der Waals surface area contributed by atoms with Gasteiger partial charge in [0.25, 0.3) is 0 Å². The molecule has 0 amide bonds. The number of allylic oxidation sites excluding steroid dienone is 4. The molecule has 0 heterocycles. The van der Waals surface area contributed by atoms with Crippen LogP contribution in [-0.4, -0.2) is 11.2 Å². The average molecular weight is 413 g/mol. The van der Waals surface area contributed by atoms with Crippen LogP contribution < -0.4 is 0 Å². The summed E-state index contributed by atoms with van der Waals surface area (Å²) in [6.45, 7) is 14.7. The Labute approximate surface area is 186 Å². The van der Waals surface area contributed by atoms with E-state index in [-0.39, 0.29) is 6.10 Å². The Kier molecular flexibility index (Phi) is 6.35. The molecule has 0 aliphatic heterocycles. The first-order valence-electron chi connectivity index (χ1n) is 13.3. The van der Waals surface area contributed by atoms with E-state index < -0.39 is 0 Å². The molecule has 0 saturated heterocycles. The van der Waals surface area contributed by atoms with Crippen LogP contribution in [0.25, 0.3) is 0 Å². The molecular formula is C29H48O. The topological polar surface area (TPSA) is 20.2 Å². The summed E-state index contributed by atoms with van der Waals surface area (Å²) in [5.41, 5.74) is 7.96. The lowest BCUT2D eigenvalue weighted by molar-refractivity contribution is 0.0133. The van der Waals surface area contributed by atoms with Gasteiger partial charge in [0.15, 0.2) is 0 Å². The van der Waals surface area contributed by atoms with Crippen molar-refractivity contribution in [1.29, 1.82) is 0 Å². The molecule has 30 heavy (non-hydrogen) atoms. The van der Waals surface area contributed by atoms with Crippen molar-refractivity contribution in [3.63, 3.8) is 0 Å². The van der Waals surface area contributed by atoms with E-state index in [4.69, 9.17) is 0 Å². The third-order valence-corrected chi connectivity index (χ3v) is 10.8. The van der Waals surface area contributed by atoms with Gasteiger partial charge in [-0.05, 0) is 125 Å². The number of rotatable bonds is 5. The molecule has 0 spiro atoms. The first-order chi connectivity index (χ1) is 14.2. The largest absolute Gasteiger partial charge is 0.393 e. The van der Waals surface area contributed by atoms with E-state index in [1.165, 1.54) is 64.2 Å². The van der Waals surface area contributed by atoms with Crippen molar-refractivity contribution in [1.82, 2.24) is 0 Å². The third-order valence-electron chi connectivity index (χ3n) is 10.8. The Morgan fingerprint density at radius 1 is 1.07 bits per heavy atom. The summed E-state index contributed by atoms with van der Waals surface area (Å²) in [4.78, 5) is 0. The molecule has 7 atom stereocenters. The van der Waals surface area contributed by atoms with Crippen molar-refractivity contribution in [2.45, 2.75) is 125 Å².